The molecule has 7 heteroatoms. The number of carboxylic acids is 1. The number of aromatic carboxylic acids is 1. The summed E-state index contributed by atoms with van der Waals surface area (Å²) in [6.07, 6.45) is 0. The van der Waals surface area contributed by atoms with Gasteiger partial charge in [0.05, 0.1) is 6.54 Å². The predicted molar refractivity (Wildman–Crippen MR) is 77.6 cm³/mol. The third-order valence-electron chi connectivity index (χ3n) is 3.88. The Balaban J connectivity index is 1.91. The maximum Gasteiger partial charge on any atom is 0.358 e. The molecular weight excluding hydrogens is 284 g/mol. The highest BCUT2D eigenvalue weighted by Crippen LogP contribution is 2.19. The summed E-state index contributed by atoms with van der Waals surface area (Å²) in [6, 6.07) is 6.09. The first kappa shape index (κ1) is 14.2. The summed E-state index contributed by atoms with van der Waals surface area (Å²) >= 11 is 0. The standard InChI is InChI=1S/C15H16N4O3/c1-9-3-4-10(2)11(7-9)8-18-5-6-19-13(14(18)20)12(15(21)22)16-17-19/h3-4,7H,5-6,8H2,1-2H3,(H,21,22). The Morgan fingerprint density at radius 3 is 2.82 bits per heavy atom. The zero-order valence-electron chi connectivity index (χ0n) is 12.4. The van der Waals surface area contributed by atoms with Gasteiger partial charge in [0.2, 0.25) is 5.69 Å². The van der Waals surface area contributed by atoms with Gasteiger partial charge in [-0.05, 0) is 25.0 Å². The molecule has 0 radical (unpaired) electrons. The van der Waals surface area contributed by atoms with Gasteiger partial charge in [-0.2, -0.15) is 0 Å². The van der Waals surface area contributed by atoms with Crippen molar-refractivity contribution in [2.24, 2.45) is 0 Å². The lowest BCUT2D eigenvalue weighted by atomic mass is 10.0. The van der Waals surface area contributed by atoms with Crippen LogP contribution in [0, 0.1) is 13.8 Å². The molecule has 0 aliphatic carbocycles. The van der Waals surface area contributed by atoms with Crippen molar-refractivity contribution in [3.63, 3.8) is 0 Å². The normalized spacial score (nSPS) is 14.1. The minimum absolute atomic E-state index is 0.0593. The number of hydrogen-bond acceptors (Lipinski definition) is 4. The number of carboxylic acid groups (broad SMARTS) is 1. The minimum Gasteiger partial charge on any atom is -0.476 e. The lowest BCUT2D eigenvalue weighted by molar-refractivity contribution is 0.0641. The fraction of sp³-hybridized carbons (Fsp3) is 0.333. The number of amides is 1. The number of carbonyl (C=O) groups excluding carboxylic acids is 1. The van der Waals surface area contributed by atoms with E-state index in [2.05, 4.69) is 10.3 Å². The Kier molecular flexibility index (Phi) is 3.40. The maximum atomic E-state index is 12.6. The van der Waals surface area contributed by atoms with E-state index < -0.39 is 5.97 Å². The van der Waals surface area contributed by atoms with Gasteiger partial charge in [-0.25, -0.2) is 9.48 Å². The number of rotatable bonds is 3. The number of fused-ring (bicyclic) bond motifs is 1. The average molecular weight is 300 g/mol. The van der Waals surface area contributed by atoms with Crippen LogP contribution in [0.5, 0.6) is 0 Å². The largest absolute Gasteiger partial charge is 0.476 e. The summed E-state index contributed by atoms with van der Waals surface area (Å²) in [5.41, 5.74) is 3.07. The molecular formula is C15H16N4O3. The van der Waals surface area contributed by atoms with Crippen LogP contribution in [-0.4, -0.2) is 43.4 Å². The van der Waals surface area contributed by atoms with Crippen molar-refractivity contribution in [2.45, 2.75) is 26.9 Å². The molecule has 2 aromatic rings. The number of benzene rings is 1. The Morgan fingerprint density at radius 1 is 1.32 bits per heavy atom. The van der Waals surface area contributed by atoms with E-state index >= 15 is 0 Å². The van der Waals surface area contributed by atoms with E-state index in [9.17, 15) is 9.59 Å². The van der Waals surface area contributed by atoms with Gasteiger partial charge < -0.3 is 10.0 Å². The summed E-state index contributed by atoms with van der Waals surface area (Å²) < 4.78 is 1.37. The van der Waals surface area contributed by atoms with Crippen molar-refractivity contribution in [1.29, 1.82) is 0 Å². The van der Waals surface area contributed by atoms with E-state index in [1.807, 2.05) is 32.0 Å². The number of aromatic nitrogens is 3. The molecule has 0 atom stereocenters. The number of carbonyl (C=O) groups is 2. The second-order valence-corrected chi connectivity index (χ2v) is 5.47. The molecule has 2 heterocycles. The smallest absolute Gasteiger partial charge is 0.358 e. The SMILES string of the molecule is Cc1ccc(C)c(CN2CCn3nnc(C(=O)O)c3C2=O)c1. The molecule has 22 heavy (non-hydrogen) atoms. The number of aryl methyl sites for hydroxylation is 2. The Morgan fingerprint density at radius 2 is 2.09 bits per heavy atom. The van der Waals surface area contributed by atoms with Gasteiger partial charge in [-0.3, -0.25) is 4.79 Å². The molecule has 1 aromatic carbocycles. The van der Waals surface area contributed by atoms with E-state index in [-0.39, 0.29) is 17.3 Å². The van der Waals surface area contributed by atoms with E-state index in [0.29, 0.717) is 19.6 Å². The summed E-state index contributed by atoms with van der Waals surface area (Å²) in [5, 5.41) is 16.4. The second-order valence-electron chi connectivity index (χ2n) is 5.47. The van der Waals surface area contributed by atoms with Crippen LogP contribution in [0.3, 0.4) is 0 Å². The van der Waals surface area contributed by atoms with Gasteiger partial charge in [0.1, 0.15) is 0 Å². The van der Waals surface area contributed by atoms with Gasteiger partial charge in [0.15, 0.2) is 5.69 Å². The third kappa shape index (κ3) is 2.34. The van der Waals surface area contributed by atoms with Crippen LogP contribution in [0.25, 0.3) is 0 Å². The van der Waals surface area contributed by atoms with Crippen molar-refractivity contribution in [1.82, 2.24) is 19.9 Å². The van der Waals surface area contributed by atoms with Crippen molar-refractivity contribution < 1.29 is 14.7 Å². The minimum atomic E-state index is -1.23. The van der Waals surface area contributed by atoms with Crippen LogP contribution in [-0.2, 0) is 13.1 Å². The van der Waals surface area contributed by atoms with Crippen LogP contribution in [0.2, 0.25) is 0 Å². The second kappa shape index (κ2) is 5.25. The highest BCUT2D eigenvalue weighted by atomic mass is 16.4. The van der Waals surface area contributed by atoms with Gasteiger partial charge in [-0.1, -0.05) is 29.0 Å². The molecule has 0 fully saturated rings. The van der Waals surface area contributed by atoms with Gasteiger partial charge in [0.25, 0.3) is 5.91 Å². The molecule has 0 spiro atoms. The number of nitrogens with zero attached hydrogens (tertiary/aromatic N) is 4. The lowest BCUT2D eigenvalue weighted by Gasteiger charge is -2.28. The first-order valence-electron chi connectivity index (χ1n) is 6.99. The lowest BCUT2D eigenvalue weighted by Crippen LogP contribution is -2.40. The van der Waals surface area contributed by atoms with Crippen LogP contribution in [0.15, 0.2) is 18.2 Å². The molecule has 0 saturated heterocycles. The molecule has 0 saturated carbocycles. The topological polar surface area (TPSA) is 88.3 Å². The van der Waals surface area contributed by atoms with Crippen LogP contribution >= 0.6 is 0 Å². The summed E-state index contributed by atoms with van der Waals surface area (Å²) in [7, 11) is 0. The Hall–Kier alpha value is -2.70. The Labute approximate surface area is 127 Å². The molecule has 114 valence electrons. The Bertz CT molecular complexity index is 766. The molecule has 7 nitrogen and oxygen atoms in total. The van der Waals surface area contributed by atoms with Crippen LogP contribution in [0.1, 0.15) is 37.7 Å². The van der Waals surface area contributed by atoms with Crippen molar-refractivity contribution >= 4 is 11.9 Å². The van der Waals surface area contributed by atoms with Crippen molar-refractivity contribution in [2.75, 3.05) is 6.54 Å². The zero-order valence-corrected chi connectivity index (χ0v) is 12.4. The average Bonchev–Trinajstić information content (AvgIpc) is 2.90. The summed E-state index contributed by atoms with van der Waals surface area (Å²) in [4.78, 5) is 25.4. The highest BCUT2D eigenvalue weighted by Gasteiger charge is 2.32. The molecule has 1 aliphatic heterocycles. The van der Waals surface area contributed by atoms with Gasteiger partial charge >= 0.3 is 5.97 Å². The fourth-order valence-electron chi connectivity index (χ4n) is 2.62. The van der Waals surface area contributed by atoms with E-state index in [1.165, 1.54) is 4.68 Å². The number of hydrogen-bond donors (Lipinski definition) is 1. The first-order chi connectivity index (χ1) is 10.5. The monoisotopic (exact) mass is 300 g/mol. The molecule has 1 aliphatic rings. The van der Waals surface area contributed by atoms with E-state index in [1.54, 1.807) is 4.90 Å². The summed E-state index contributed by atoms with van der Waals surface area (Å²) in [5.74, 6) is -1.57. The van der Waals surface area contributed by atoms with E-state index in [0.717, 1.165) is 16.7 Å². The fourth-order valence-corrected chi connectivity index (χ4v) is 2.62. The summed E-state index contributed by atoms with van der Waals surface area (Å²) in [6.45, 7) is 5.39. The molecule has 0 bridgehead atoms. The molecule has 1 amide bonds. The third-order valence-corrected chi connectivity index (χ3v) is 3.88. The zero-order chi connectivity index (χ0) is 15.9. The van der Waals surface area contributed by atoms with Crippen LogP contribution in [0.4, 0.5) is 0 Å². The van der Waals surface area contributed by atoms with Gasteiger partial charge in [0, 0.05) is 13.1 Å². The highest BCUT2D eigenvalue weighted by molar-refractivity contribution is 6.02. The molecule has 0 unspecified atom stereocenters. The quantitative estimate of drug-likeness (QED) is 0.921. The molecule has 3 rings (SSSR count). The van der Waals surface area contributed by atoms with Gasteiger partial charge in [-0.15, -0.1) is 5.10 Å². The van der Waals surface area contributed by atoms with E-state index in [4.69, 9.17) is 5.11 Å². The van der Waals surface area contributed by atoms with Crippen molar-refractivity contribution in [3.05, 3.63) is 46.3 Å². The molecule has 1 N–H and O–H groups in total. The van der Waals surface area contributed by atoms with Crippen LogP contribution < -0.4 is 0 Å². The molecule has 1 aromatic heterocycles. The first-order valence-corrected chi connectivity index (χ1v) is 6.99. The van der Waals surface area contributed by atoms with Crippen molar-refractivity contribution in [3.8, 4) is 0 Å². The maximum absolute atomic E-state index is 12.6. The predicted octanol–water partition coefficient (Wildman–Crippen LogP) is 1.25.